The van der Waals surface area contributed by atoms with Crippen molar-refractivity contribution in [3.63, 3.8) is 0 Å². The van der Waals surface area contributed by atoms with Crippen LogP contribution in [0.4, 0.5) is 0 Å². The predicted octanol–water partition coefficient (Wildman–Crippen LogP) is 8.99. The SMILES string of the molecule is CC(C)=CCCC1(C)[C@@H](CC=C(C)C)CC2(CC=C(C)C)C(=O)[C@@]1(C(=O)C(C)C)C(=O)C(CC=C(C)C)=C2O. The average Bonchev–Trinajstić information content (AvgIpc) is 2.81. The number of fused-ring (bicyclic) bond motifs is 2. The number of aliphatic hydroxyl groups is 1. The number of aliphatic hydroxyl groups excluding tert-OH is 1. The van der Waals surface area contributed by atoms with E-state index in [9.17, 15) is 19.5 Å². The van der Waals surface area contributed by atoms with Crippen molar-refractivity contribution in [3.8, 4) is 0 Å². The zero-order valence-electron chi connectivity index (χ0n) is 26.4. The molecule has 216 valence electrons. The third kappa shape index (κ3) is 5.86. The van der Waals surface area contributed by atoms with Gasteiger partial charge in [-0.1, -0.05) is 67.4 Å². The Balaban J connectivity index is 3.09. The lowest BCUT2D eigenvalue weighted by molar-refractivity contribution is -0.180. The van der Waals surface area contributed by atoms with Crippen LogP contribution in [0, 0.1) is 28.1 Å². The number of rotatable bonds is 11. The maximum atomic E-state index is 15.0. The molecule has 39 heavy (non-hydrogen) atoms. The molecule has 0 radical (unpaired) electrons. The van der Waals surface area contributed by atoms with Gasteiger partial charge in [-0.3, -0.25) is 14.4 Å². The molecule has 2 unspecified atom stereocenters. The van der Waals surface area contributed by atoms with Crippen LogP contribution in [0.2, 0.25) is 0 Å². The largest absolute Gasteiger partial charge is 0.511 e. The molecule has 0 aromatic rings. The molecule has 2 rings (SSSR count). The molecule has 0 amide bonds. The Morgan fingerprint density at radius 2 is 1.44 bits per heavy atom. The first-order valence-corrected chi connectivity index (χ1v) is 14.6. The maximum Gasteiger partial charge on any atom is 0.184 e. The lowest BCUT2D eigenvalue weighted by atomic mass is 9.38. The minimum Gasteiger partial charge on any atom is -0.511 e. The third-order valence-corrected chi connectivity index (χ3v) is 8.98. The van der Waals surface area contributed by atoms with Crippen molar-refractivity contribution in [2.24, 2.45) is 28.1 Å². The highest BCUT2D eigenvalue weighted by atomic mass is 16.3. The van der Waals surface area contributed by atoms with Crippen LogP contribution in [-0.4, -0.2) is 22.5 Å². The highest BCUT2D eigenvalue weighted by molar-refractivity contribution is 6.33. The first-order valence-electron chi connectivity index (χ1n) is 14.6. The molecule has 0 aliphatic heterocycles. The van der Waals surface area contributed by atoms with Crippen molar-refractivity contribution in [2.75, 3.05) is 0 Å². The second kappa shape index (κ2) is 12.4. The van der Waals surface area contributed by atoms with E-state index >= 15 is 0 Å². The number of Topliss-reactive ketones (excluding diaryl/α,β-unsaturated/α-hetero) is 3. The van der Waals surface area contributed by atoms with Crippen LogP contribution in [0.3, 0.4) is 0 Å². The summed E-state index contributed by atoms with van der Waals surface area (Å²) in [5.74, 6) is -1.93. The van der Waals surface area contributed by atoms with Crippen LogP contribution in [0.5, 0.6) is 0 Å². The summed E-state index contributed by atoms with van der Waals surface area (Å²) in [5, 5.41) is 11.9. The summed E-state index contributed by atoms with van der Waals surface area (Å²) in [6.45, 7) is 21.6. The fraction of sp³-hybridized carbons (Fsp3) is 0.629. The van der Waals surface area contributed by atoms with Gasteiger partial charge in [-0.25, -0.2) is 0 Å². The smallest absolute Gasteiger partial charge is 0.184 e. The second-order valence-corrected chi connectivity index (χ2v) is 13.5. The van der Waals surface area contributed by atoms with Gasteiger partial charge < -0.3 is 5.11 Å². The molecular weight excluding hydrogens is 484 g/mol. The number of ketones is 3. The van der Waals surface area contributed by atoms with Crippen molar-refractivity contribution in [3.05, 3.63) is 57.9 Å². The van der Waals surface area contributed by atoms with Crippen LogP contribution >= 0.6 is 0 Å². The molecule has 4 heteroatoms. The number of carbonyl (C=O) groups excluding carboxylic acids is 3. The van der Waals surface area contributed by atoms with Crippen molar-refractivity contribution >= 4 is 17.3 Å². The Morgan fingerprint density at radius 3 is 1.92 bits per heavy atom. The molecule has 0 spiro atoms. The standard InChI is InChI=1S/C35H52O4/c1-22(2)13-12-19-33(11)27(16-14-23(3)4)21-34(20-18-25(7)8)30(37)28(17-15-24(5)6)31(38)35(33,32(34)39)29(36)26(9)10/h13-15,18,26-27,37H,12,16-17,19-21H2,1-11H3/t27-,33?,34?,35+/m0/s1. The highest BCUT2D eigenvalue weighted by Crippen LogP contribution is 2.67. The molecule has 1 N–H and O–H groups in total. The van der Waals surface area contributed by atoms with E-state index in [1.807, 2.05) is 74.5 Å². The molecule has 1 saturated carbocycles. The molecule has 0 aromatic carbocycles. The van der Waals surface area contributed by atoms with E-state index in [1.165, 1.54) is 5.57 Å². The van der Waals surface area contributed by atoms with Gasteiger partial charge in [-0.2, -0.15) is 0 Å². The second-order valence-electron chi connectivity index (χ2n) is 13.5. The Bertz CT molecular complexity index is 1140. The van der Waals surface area contributed by atoms with Gasteiger partial charge in [-0.05, 0) is 105 Å². The molecular formula is C35H52O4. The molecule has 1 fully saturated rings. The van der Waals surface area contributed by atoms with E-state index in [-0.39, 0.29) is 41.7 Å². The molecule has 4 atom stereocenters. The van der Waals surface area contributed by atoms with E-state index in [0.29, 0.717) is 25.7 Å². The van der Waals surface area contributed by atoms with Gasteiger partial charge in [-0.15, -0.1) is 0 Å². The van der Waals surface area contributed by atoms with E-state index in [0.717, 1.165) is 16.7 Å². The zero-order chi connectivity index (χ0) is 29.9. The van der Waals surface area contributed by atoms with E-state index in [4.69, 9.17) is 0 Å². The summed E-state index contributed by atoms with van der Waals surface area (Å²) in [6, 6.07) is 0. The van der Waals surface area contributed by atoms with Crippen molar-refractivity contribution in [2.45, 2.75) is 115 Å². The van der Waals surface area contributed by atoms with Gasteiger partial charge in [0, 0.05) is 11.5 Å². The number of allylic oxidation sites excluding steroid dienone is 10. The number of carbonyl (C=O) groups is 3. The number of hydrogen-bond acceptors (Lipinski definition) is 4. The fourth-order valence-electron chi connectivity index (χ4n) is 6.71. The zero-order valence-corrected chi connectivity index (χ0v) is 26.4. The summed E-state index contributed by atoms with van der Waals surface area (Å²) in [6.07, 6.45) is 11.0. The van der Waals surface area contributed by atoms with Crippen LogP contribution in [0.15, 0.2) is 57.9 Å². The van der Waals surface area contributed by atoms with E-state index in [1.54, 1.807) is 13.8 Å². The predicted molar refractivity (Wildman–Crippen MR) is 161 cm³/mol. The average molecular weight is 537 g/mol. The molecule has 0 aromatic heterocycles. The van der Waals surface area contributed by atoms with Gasteiger partial charge in [0.25, 0.3) is 0 Å². The summed E-state index contributed by atoms with van der Waals surface area (Å²) >= 11 is 0. The van der Waals surface area contributed by atoms with Crippen LogP contribution < -0.4 is 0 Å². The molecule has 2 aliphatic rings. The van der Waals surface area contributed by atoms with Gasteiger partial charge in [0.1, 0.15) is 5.76 Å². The Labute approximate surface area is 237 Å². The number of hydrogen-bond donors (Lipinski definition) is 1. The minimum absolute atomic E-state index is 0.117. The fourth-order valence-corrected chi connectivity index (χ4v) is 6.71. The summed E-state index contributed by atoms with van der Waals surface area (Å²) < 4.78 is 0. The Hall–Kier alpha value is -2.49. The Morgan fingerprint density at radius 1 is 0.897 bits per heavy atom. The molecule has 2 aliphatic carbocycles. The van der Waals surface area contributed by atoms with E-state index in [2.05, 4.69) is 12.2 Å². The van der Waals surface area contributed by atoms with Gasteiger partial charge in [0.05, 0.1) is 5.41 Å². The Kier molecular flexibility index (Phi) is 10.4. The first kappa shape index (κ1) is 32.7. The van der Waals surface area contributed by atoms with Gasteiger partial charge in [0.15, 0.2) is 22.8 Å². The van der Waals surface area contributed by atoms with Crippen LogP contribution in [0.1, 0.15) is 115 Å². The molecule has 4 nitrogen and oxygen atoms in total. The maximum absolute atomic E-state index is 15.0. The lowest BCUT2D eigenvalue weighted by Gasteiger charge is -2.61. The first-order chi connectivity index (χ1) is 18.0. The summed E-state index contributed by atoms with van der Waals surface area (Å²) in [7, 11) is 0. The van der Waals surface area contributed by atoms with Gasteiger partial charge in [0.2, 0.25) is 0 Å². The lowest BCUT2D eigenvalue weighted by Crippen LogP contribution is -2.71. The van der Waals surface area contributed by atoms with Gasteiger partial charge >= 0.3 is 0 Å². The van der Waals surface area contributed by atoms with Crippen LogP contribution in [0.25, 0.3) is 0 Å². The molecule has 0 saturated heterocycles. The van der Waals surface area contributed by atoms with Crippen molar-refractivity contribution < 1.29 is 19.5 Å². The topological polar surface area (TPSA) is 71.4 Å². The minimum atomic E-state index is -1.83. The molecule has 2 bridgehead atoms. The third-order valence-electron chi connectivity index (χ3n) is 8.98. The monoisotopic (exact) mass is 536 g/mol. The summed E-state index contributed by atoms with van der Waals surface area (Å²) in [5.41, 5.74) is 0.583. The van der Waals surface area contributed by atoms with Crippen molar-refractivity contribution in [1.82, 2.24) is 0 Å². The van der Waals surface area contributed by atoms with Crippen LogP contribution in [-0.2, 0) is 14.4 Å². The summed E-state index contributed by atoms with van der Waals surface area (Å²) in [4.78, 5) is 44.3. The van der Waals surface area contributed by atoms with E-state index < -0.39 is 27.9 Å². The van der Waals surface area contributed by atoms with Crippen molar-refractivity contribution in [1.29, 1.82) is 0 Å². The highest BCUT2D eigenvalue weighted by Gasteiger charge is 2.75. The normalized spacial score (nSPS) is 28.3. The quantitative estimate of drug-likeness (QED) is 0.211. The molecule has 0 heterocycles.